The number of amides is 2. The Morgan fingerprint density at radius 2 is 2.05 bits per heavy atom. The molecule has 6 nitrogen and oxygen atoms in total. The molecule has 0 radical (unpaired) electrons. The number of rotatable bonds is 3. The van der Waals surface area contributed by atoms with Gasteiger partial charge in [0.15, 0.2) is 0 Å². The molecule has 0 aromatic heterocycles. The SMILES string of the molecule is O=C1Cc2cc(C(=O)NC3(C(=O)O)CCC3)ccc2N1. The molecule has 1 aromatic rings. The number of nitrogens with one attached hydrogen (secondary N) is 2. The van der Waals surface area contributed by atoms with Crippen LogP contribution < -0.4 is 10.6 Å². The highest BCUT2D eigenvalue weighted by atomic mass is 16.4. The van der Waals surface area contributed by atoms with Crippen molar-refractivity contribution in [3.05, 3.63) is 29.3 Å². The van der Waals surface area contributed by atoms with Gasteiger partial charge in [-0.25, -0.2) is 4.79 Å². The van der Waals surface area contributed by atoms with Gasteiger partial charge in [0.25, 0.3) is 5.91 Å². The van der Waals surface area contributed by atoms with Gasteiger partial charge in [0.1, 0.15) is 5.54 Å². The van der Waals surface area contributed by atoms with Crippen molar-refractivity contribution >= 4 is 23.5 Å². The number of fused-ring (bicyclic) bond motifs is 1. The number of carboxylic acid groups (broad SMARTS) is 1. The number of hydrogen-bond acceptors (Lipinski definition) is 3. The van der Waals surface area contributed by atoms with Crippen LogP contribution >= 0.6 is 0 Å². The second-order valence-electron chi connectivity index (χ2n) is 5.29. The van der Waals surface area contributed by atoms with Gasteiger partial charge >= 0.3 is 5.97 Å². The zero-order valence-corrected chi connectivity index (χ0v) is 10.7. The fourth-order valence-corrected chi connectivity index (χ4v) is 2.58. The summed E-state index contributed by atoms with van der Waals surface area (Å²) in [5, 5.41) is 14.5. The number of carbonyl (C=O) groups excluding carboxylic acids is 2. The topological polar surface area (TPSA) is 95.5 Å². The maximum absolute atomic E-state index is 12.2. The highest BCUT2D eigenvalue weighted by molar-refractivity contribution is 6.02. The van der Waals surface area contributed by atoms with Gasteiger partial charge in [0.05, 0.1) is 6.42 Å². The summed E-state index contributed by atoms with van der Waals surface area (Å²) >= 11 is 0. The Morgan fingerprint density at radius 3 is 2.65 bits per heavy atom. The summed E-state index contributed by atoms with van der Waals surface area (Å²) < 4.78 is 0. The molecule has 0 saturated heterocycles. The number of benzene rings is 1. The van der Waals surface area contributed by atoms with Gasteiger partial charge in [-0.15, -0.1) is 0 Å². The fraction of sp³-hybridized carbons (Fsp3) is 0.357. The Morgan fingerprint density at radius 1 is 1.30 bits per heavy atom. The molecule has 1 aliphatic carbocycles. The molecule has 1 aromatic carbocycles. The fourth-order valence-electron chi connectivity index (χ4n) is 2.58. The summed E-state index contributed by atoms with van der Waals surface area (Å²) in [5.41, 5.74) is 0.737. The average Bonchev–Trinajstić information content (AvgIpc) is 2.71. The van der Waals surface area contributed by atoms with E-state index < -0.39 is 17.4 Å². The predicted octanol–water partition coefficient (Wildman–Crippen LogP) is 0.918. The van der Waals surface area contributed by atoms with Gasteiger partial charge < -0.3 is 15.7 Å². The first-order valence-corrected chi connectivity index (χ1v) is 6.49. The lowest BCUT2D eigenvalue weighted by molar-refractivity contribution is -0.148. The molecule has 1 saturated carbocycles. The van der Waals surface area contributed by atoms with Crippen LogP contribution in [0.5, 0.6) is 0 Å². The Balaban J connectivity index is 1.80. The molecular formula is C14H14N2O4. The number of aliphatic carboxylic acids is 1. The summed E-state index contributed by atoms with van der Waals surface area (Å²) in [7, 11) is 0. The third-order valence-electron chi connectivity index (χ3n) is 3.96. The summed E-state index contributed by atoms with van der Waals surface area (Å²) in [6.45, 7) is 0. The van der Waals surface area contributed by atoms with Gasteiger partial charge in [-0.2, -0.15) is 0 Å². The third kappa shape index (κ3) is 1.93. The minimum Gasteiger partial charge on any atom is -0.480 e. The van der Waals surface area contributed by atoms with E-state index in [9.17, 15) is 19.5 Å². The summed E-state index contributed by atoms with van der Waals surface area (Å²) in [6, 6.07) is 4.90. The van der Waals surface area contributed by atoms with Crippen LogP contribution in [-0.2, 0) is 16.0 Å². The molecule has 1 heterocycles. The van der Waals surface area contributed by atoms with Crippen molar-refractivity contribution in [2.75, 3.05) is 5.32 Å². The van der Waals surface area contributed by atoms with Gasteiger partial charge in [0.2, 0.25) is 5.91 Å². The molecule has 20 heavy (non-hydrogen) atoms. The minimum absolute atomic E-state index is 0.0986. The minimum atomic E-state index is -1.12. The summed E-state index contributed by atoms with van der Waals surface area (Å²) in [4.78, 5) is 34.7. The van der Waals surface area contributed by atoms with Crippen molar-refractivity contribution < 1.29 is 19.5 Å². The number of hydrogen-bond donors (Lipinski definition) is 3. The number of carbonyl (C=O) groups is 3. The molecule has 0 spiro atoms. The predicted molar refractivity (Wildman–Crippen MR) is 70.5 cm³/mol. The molecule has 104 valence electrons. The highest BCUT2D eigenvalue weighted by Crippen LogP contribution is 2.32. The summed E-state index contributed by atoms with van der Waals surface area (Å²) in [6.07, 6.45) is 1.97. The lowest BCUT2D eigenvalue weighted by Gasteiger charge is -2.38. The van der Waals surface area contributed by atoms with Gasteiger partial charge in [0, 0.05) is 11.3 Å². The van der Waals surface area contributed by atoms with E-state index in [-0.39, 0.29) is 12.3 Å². The van der Waals surface area contributed by atoms with E-state index in [1.54, 1.807) is 18.2 Å². The van der Waals surface area contributed by atoms with Crippen LogP contribution in [0.2, 0.25) is 0 Å². The first-order valence-electron chi connectivity index (χ1n) is 6.49. The lowest BCUT2D eigenvalue weighted by atomic mass is 9.76. The van der Waals surface area contributed by atoms with Crippen LogP contribution in [0, 0.1) is 0 Å². The molecule has 3 N–H and O–H groups in total. The van der Waals surface area contributed by atoms with E-state index in [1.807, 2.05) is 0 Å². The molecule has 0 unspecified atom stereocenters. The quantitative estimate of drug-likeness (QED) is 0.763. The van der Waals surface area contributed by atoms with Crippen molar-refractivity contribution in [2.24, 2.45) is 0 Å². The normalized spacial score (nSPS) is 18.7. The number of carboxylic acids is 1. The van der Waals surface area contributed by atoms with Crippen LogP contribution in [0.1, 0.15) is 35.2 Å². The molecule has 1 fully saturated rings. The van der Waals surface area contributed by atoms with Crippen molar-refractivity contribution in [2.45, 2.75) is 31.2 Å². The largest absolute Gasteiger partial charge is 0.480 e. The Labute approximate surface area is 115 Å². The highest BCUT2D eigenvalue weighted by Gasteiger charge is 2.45. The molecular weight excluding hydrogens is 260 g/mol. The first-order chi connectivity index (χ1) is 9.50. The Kier molecular flexibility index (Phi) is 2.74. The Hall–Kier alpha value is -2.37. The van der Waals surface area contributed by atoms with E-state index in [0.29, 0.717) is 24.1 Å². The monoisotopic (exact) mass is 274 g/mol. The first kappa shape index (κ1) is 12.7. The van der Waals surface area contributed by atoms with E-state index >= 15 is 0 Å². The second-order valence-corrected chi connectivity index (χ2v) is 5.29. The Bertz CT molecular complexity index is 620. The molecule has 0 bridgehead atoms. The molecule has 1 aliphatic heterocycles. The van der Waals surface area contributed by atoms with Crippen molar-refractivity contribution in [1.82, 2.24) is 5.32 Å². The van der Waals surface area contributed by atoms with Crippen molar-refractivity contribution in [3.63, 3.8) is 0 Å². The maximum atomic E-state index is 12.2. The van der Waals surface area contributed by atoms with E-state index in [0.717, 1.165) is 12.0 Å². The van der Waals surface area contributed by atoms with Gasteiger partial charge in [-0.3, -0.25) is 9.59 Å². The summed E-state index contributed by atoms with van der Waals surface area (Å²) in [5.74, 6) is -1.50. The van der Waals surface area contributed by atoms with E-state index in [2.05, 4.69) is 10.6 Å². The van der Waals surface area contributed by atoms with E-state index in [4.69, 9.17) is 0 Å². The lowest BCUT2D eigenvalue weighted by Crippen LogP contribution is -2.59. The number of anilines is 1. The zero-order chi connectivity index (χ0) is 14.3. The van der Waals surface area contributed by atoms with Crippen molar-refractivity contribution in [3.8, 4) is 0 Å². The van der Waals surface area contributed by atoms with Crippen LogP contribution in [0.3, 0.4) is 0 Å². The molecule has 3 rings (SSSR count). The zero-order valence-electron chi connectivity index (χ0n) is 10.7. The second kappa shape index (κ2) is 4.33. The van der Waals surface area contributed by atoms with Crippen LogP contribution in [0.25, 0.3) is 0 Å². The van der Waals surface area contributed by atoms with Gasteiger partial charge in [-0.1, -0.05) is 0 Å². The van der Waals surface area contributed by atoms with Crippen molar-refractivity contribution in [1.29, 1.82) is 0 Å². The maximum Gasteiger partial charge on any atom is 0.329 e. The van der Waals surface area contributed by atoms with E-state index in [1.165, 1.54) is 0 Å². The molecule has 0 atom stereocenters. The van der Waals surface area contributed by atoms with Crippen LogP contribution in [-0.4, -0.2) is 28.4 Å². The molecule has 6 heteroatoms. The molecule has 2 aliphatic rings. The van der Waals surface area contributed by atoms with Crippen LogP contribution in [0.4, 0.5) is 5.69 Å². The van der Waals surface area contributed by atoms with Crippen LogP contribution in [0.15, 0.2) is 18.2 Å². The van der Waals surface area contributed by atoms with Gasteiger partial charge in [-0.05, 0) is 43.0 Å². The third-order valence-corrected chi connectivity index (χ3v) is 3.96. The average molecular weight is 274 g/mol. The molecule has 2 amide bonds. The smallest absolute Gasteiger partial charge is 0.329 e. The standard InChI is InChI=1S/C14H14N2O4/c17-11-7-9-6-8(2-3-10(9)15-11)12(18)16-14(13(19)20)4-1-5-14/h2-3,6H,1,4-5,7H2,(H,15,17)(H,16,18)(H,19,20).